The predicted molar refractivity (Wildman–Crippen MR) is 111 cm³/mol. The van der Waals surface area contributed by atoms with Crippen molar-refractivity contribution in [1.82, 2.24) is 5.32 Å². The SMILES string of the molecule is CCOCC1C[C@@H](Cc2ccc(-c3cc(Cl)ccc3F)cc2)NCC(C)C1=O. The second-order valence-corrected chi connectivity index (χ2v) is 7.96. The van der Waals surface area contributed by atoms with Crippen LogP contribution in [0.2, 0.25) is 5.02 Å². The number of hydrogen-bond donors (Lipinski definition) is 1. The van der Waals surface area contributed by atoms with Crippen LogP contribution in [-0.4, -0.2) is 31.6 Å². The van der Waals surface area contributed by atoms with E-state index < -0.39 is 0 Å². The lowest BCUT2D eigenvalue weighted by atomic mass is 9.90. The number of halogens is 2. The summed E-state index contributed by atoms with van der Waals surface area (Å²) in [5, 5.41) is 4.04. The first-order chi connectivity index (χ1) is 13.5. The van der Waals surface area contributed by atoms with E-state index in [-0.39, 0.29) is 29.5 Å². The highest BCUT2D eigenvalue weighted by atomic mass is 35.5. The predicted octanol–water partition coefficient (Wildman–Crippen LogP) is 4.91. The number of ketones is 1. The summed E-state index contributed by atoms with van der Waals surface area (Å²) in [6, 6.07) is 12.7. The lowest BCUT2D eigenvalue weighted by molar-refractivity contribution is -0.127. The molecule has 2 aromatic carbocycles. The summed E-state index contributed by atoms with van der Waals surface area (Å²) >= 11 is 6.00. The Morgan fingerprint density at radius 3 is 2.68 bits per heavy atom. The number of hydrogen-bond acceptors (Lipinski definition) is 3. The monoisotopic (exact) mass is 403 g/mol. The van der Waals surface area contributed by atoms with Crippen molar-refractivity contribution in [2.24, 2.45) is 11.8 Å². The molecular formula is C23H27ClFNO2. The maximum atomic E-state index is 14.1. The summed E-state index contributed by atoms with van der Waals surface area (Å²) in [5.41, 5.74) is 2.46. The molecule has 1 saturated heterocycles. The Labute approximate surface area is 171 Å². The van der Waals surface area contributed by atoms with Gasteiger partial charge in [-0.3, -0.25) is 4.79 Å². The molecule has 1 fully saturated rings. The molecule has 1 aliphatic heterocycles. The molecule has 0 bridgehead atoms. The normalized spacial score (nSPS) is 22.9. The number of carbonyl (C=O) groups excluding carboxylic acids is 1. The maximum Gasteiger partial charge on any atom is 0.142 e. The first kappa shape index (κ1) is 21.0. The minimum atomic E-state index is -0.283. The number of benzene rings is 2. The standard InChI is InChI=1S/C23H27ClFNO2/c1-3-28-14-18-11-20(26-13-15(2)23(18)27)10-16-4-6-17(7-5-16)21-12-19(24)8-9-22(21)25/h4-9,12,15,18,20,26H,3,10-11,13-14H2,1-2H3/t15?,18?,20-/m1/s1. The van der Waals surface area contributed by atoms with Gasteiger partial charge >= 0.3 is 0 Å². The summed E-state index contributed by atoms with van der Waals surface area (Å²) in [5.74, 6) is -0.0532. The van der Waals surface area contributed by atoms with Crippen LogP contribution in [0.15, 0.2) is 42.5 Å². The van der Waals surface area contributed by atoms with Crippen molar-refractivity contribution in [2.75, 3.05) is 19.8 Å². The van der Waals surface area contributed by atoms with Gasteiger partial charge in [0.25, 0.3) is 0 Å². The van der Waals surface area contributed by atoms with Gasteiger partial charge in [0.15, 0.2) is 0 Å². The van der Waals surface area contributed by atoms with Crippen LogP contribution < -0.4 is 5.32 Å². The van der Waals surface area contributed by atoms with Crippen molar-refractivity contribution in [1.29, 1.82) is 0 Å². The zero-order valence-electron chi connectivity index (χ0n) is 16.4. The van der Waals surface area contributed by atoms with Crippen LogP contribution >= 0.6 is 11.6 Å². The van der Waals surface area contributed by atoms with Crippen molar-refractivity contribution in [2.45, 2.75) is 32.7 Å². The van der Waals surface area contributed by atoms with Crippen LogP contribution in [0.1, 0.15) is 25.8 Å². The number of carbonyl (C=O) groups is 1. The van der Waals surface area contributed by atoms with Gasteiger partial charge in [-0.25, -0.2) is 4.39 Å². The number of rotatable bonds is 6. The third kappa shape index (κ3) is 5.19. The third-order valence-corrected chi connectivity index (χ3v) is 5.60. The average Bonchev–Trinajstić information content (AvgIpc) is 2.82. The molecule has 0 aromatic heterocycles. The summed E-state index contributed by atoms with van der Waals surface area (Å²) in [7, 11) is 0. The van der Waals surface area contributed by atoms with Gasteiger partial charge < -0.3 is 10.1 Å². The van der Waals surface area contributed by atoms with Crippen LogP contribution in [0.4, 0.5) is 4.39 Å². The maximum absolute atomic E-state index is 14.1. The molecule has 0 saturated carbocycles. The Morgan fingerprint density at radius 2 is 1.96 bits per heavy atom. The average molecular weight is 404 g/mol. The lowest BCUT2D eigenvalue weighted by Gasteiger charge is -2.20. The Hall–Kier alpha value is -1.75. The topological polar surface area (TPSA) is 38.3 Å². The van der Waals surface area contributed by atoms with E-state index in [9.17, 15) is 9.18 Å². The van der Waals surface area contributed by atoms with E-state index in [1.165, 1.54) is 6.07 Å². The van der Waals surface area contributed by atoms with Gasteiger partial charge in [-0.05, 0) is 49.1 Å². The number of Topliss-reactive ketones (excluding diaryl/α,β-unsaturated/α-hetero) is 1. The van der Waals surface area contributed by atoms with Gasteiger partial charge in [0.05, 0.1) is 6.61 Å². The summed E-state index contributed by atoms with van der Waals surface area (Å²) in [6.07, 6.45) is 1.59. The van der Waals surface area contributed by atoms with E-state index >= 15 is 0 Å². The van der Waals surface area contributed by atoms with Crippen molar-refractivity contribution >= 4 is 17.4 Å². The highest BCUT2D eigenvalue weighted by Gasteiger charge is 2.30. The molecule has 5 heteroatoms. The van der Waals surface area contributed by atoms with Gasteiger partial charge in [-0.15, -0.1) is 0 Å². The van der Waals surface area contributed by atoms with Gasteiger partial charge in [0.2, 0.25) is 0 Å². The van der Waals surface area contributed by atoms with Crippen LogP contribution in [0.5, 0.6) is 0 Å². The Morgan fingerprint density at radius 1 is 1.21 bits per heavy atom. The largest absolute Gasteiger partial charge is 0.381 e. The van der Waals surface area contributed by atoms with Gasteiger partial charge in [-0.1, -0.05) is 42.8 Å². The van der Waals surface area contributed by atoms with Crippen LogP contribution in [0, 0.1) is 17.7 Å². The van der Waals surface area contributed by atoms with E-state index in [2.05, 4.69) is 5.32 Å². The molecule has 150 valence electrons. The summed E-state index contributed by atoms with van der Waals surface area (Å²) in [6.45, 7) is 5.73. The number of ether oxygens (including phenoxy) is 1. The molecule has 1 heterocycles. The highest BCUT2D eigenvalue weighted by Crippen LogP contribution is 2.27. The van der Waals surface area contributed by atoms with Crippen LogP contribution in [0.3, 0.4) is 0 Å². The first-order valence-corrected chi connectivity index (χ1v) is 10.2. The van der Waals surface area contributed by atoms with Crippen molar-refractivity contribution in [3.63, 3.8) is 0 Å². The second kappa shape index (κ2) is 9.64. The van der Waals surface area contributed by atoms with Crippen molar-refractivity contribution in [3.05, 3.63) is 58.9 Å². The fraction of sp³-hybridized carbons (Fsp3) is 0.435. The molecule has 0 spiro atoms. The van der Waals surface area contributed by atoms with E-state index in [4.69, 9.17) is 16.3 Å². The zero-order chi connectivity index (χ0) is 20.1. The molecule has 0 radical (unpaired) electrons. The first-order valence-electron chi connectivity index (χ1n) is 9.87. The Kier molecular flexibility index (Phi) is 7.22. The van der Waals surface area contributed by atoms with Crippen LogP contribution in [0.25, 0.3) is 11.1 Å². The molecule has 1 N–H and O–H groups in total. The minimum Gasteiger partial charge on any atom is -0.381 e. The quantitative estimate of drug-likeness (QED) is 0.744. The summed E-state index contributed by atoms with van der Waals surface area (Å²) < 4.78 is 19.6. The van der Waals surface area contributed by atoms with E-state index in [1.54, 1.807) is 12.1 Å². The second-order valence-electron chi connectivity index (χ2n) is 7.53. The molecule has 2 unspecified atom stereocenters. The van der Waals surface area contributed by atoms with Crippen molar-refractivity contribution in [3.8, 4) is 11.1 Å². The molecule has 28 heavy (non-hydrogen) atoms. The fourth-order valence-electron chi connectivity index (χ4n) is 3.78. The lowest BCUT2D eigenvalue weighted by Crippen LogP contribution is -2.32. The minimum absolute atomic E-state index is 0.00337. The summed E-state index contributed by atoms with van der Waals surface area (Å²) in [4.78, 5) is 12.5. The smallest absolute Gasteiger partial charge is 0.142 e. The van der Waals surface area contributed by atoms with E-state index in [0.717, 1.165) is 24.0 Å². The highest BCUT2D eigenvalue weighted by molar-refractivity contribution is 6.30. The molecule has 0 aliphatic carbocycles. The van der Waals surface area contributed by atoms with E-state index in [1.807, 2.05) is 38.1 Å². The van der Waals surface area contributed by atoms with Gasteiger partial charge in [-0.2, -0.15) is 0 Å². The van der Waals surface area contributed by atoms with Crippen molar-refractivity contribution < 1.29 is 13.9 Å². The Balaban J connectivity index is 1.70. The fourth-order valence-corrected chi connectivity index (χ4v) is 3.95. The molecular weight excluding hydrogens is 377 g/mol. The van der Waals surface area contributed by atoms with E-state index in [0.29, 0.717) is 30.3 Å². The molecule has 3 rings (SSSR count). The third-order valence-electron chi connectivity index (χ3n) is 5.37. The van der Waals surface area contributed by atoms with Gasteiger partial charge in [0.1, 0.15) is 11.6 Å². The zero-order valence-corrected chi connectivity index (χ0v) is 17.1. The molecule has 0 amide bonds. The molecule has 2 aromatic rings. The molecule has 1 aliphatic rings. The molecule has 3 atom stereocenters. The Bertz CT molecular complexity index is 809. The van der Waals surface area contributed by atoms with Gasteiger partial charge in [0, 0.05) is 41.6 Å². The molecule has 3 nitrogen and oxygen atoms in total. The number of nitrogens with one attached hydrogen (secondary N) is 1. The van der Waals surface area contributed by atoms with Crippen LogP contribution in [-0.2, 0) is 16.0 Å².